The molecule has 6 heteroatoms. The Kier molecular flexibility index (Phi) is 3.68. The maximum Gasteiger partial charge on any atom is 0.234 e. The molecule has 2 rings (SSSR count). The third-order valence-electron chi connectivity index (χ3n) is 2.75. The van der Waals surface area contributed by atoms with Crippen LogP contribution >= 0.6 is 11.3 Å². The fraction of sp³-hybridized carbons (Fsp3) is 0.750. The number of hydrogen-bond acceptors (Lipinski definition) is 5. The van der Waals surface area contributed by atoms with Crippen molar-refractivity contribution in [3.8, 4) is 0 Å². The van der Waals surface area contributed by atoms with E-state index in [0.717, 1.165) is 28.8 Å². The first-order chi connectivity index (χ1) is 8.43. The van der Waals surface area contributed by atoms with Crippen LogP contribution in [-0.2, 0) is 5.41 Å². The maximum absolute atomic E-state index is 4.64. The van der Waals surface area contributed by atoms with Crippen LogP contribution in [0.15, 0.2) is 0 Å². The molecule has 0 saturated carbocycles. The van der Waals surface area contributed by atoms with E-state index in [0.29, 0.717) is 0 Å². The maximum atomic E-state index is 4.64. The fourth-order valence-corrected chi connectivity index (χ4v) is 2.59. The predicted octanol–water partition coefficient (Wildman–Crippen LogP) is 2.54. The van der Waals surface area contributed by atoms with E-state index in [9.17, 15) is 0 Å². The van der Waals surface area contributed by atoms with Crippen LogP contribution in [0.2, 0.25) is 0 Å². The van der Waals surface area contributed by atoms with Crippen molar-refractivity contribution in [2.75, 3.05) is 6.54 Å². The van der Waals surface area contributed by atoms with Crippen LogP contribution in [0.1, 0.15) is 57.9 Å². The molecule has 0 aromatic carbocycles. The van der Waals surface area contributed by atoms with E-state index < -0.39 is 0 Å². The average Bonchev–Trinajstić information content (AvgIpc) is 2.82. The van der Waals surface area contributed by atoms with E-state index in [2.05, 4.69) is 55.2 Å². The Morgan fingerprint density at radius 2 is 2.06 bits per heavy atom. The quantitative estimate of drug-likeness (QED) is 0.925. The molecule has 1 atom stereocenters. The zero-order chi connectivity index (χ0) is 13.3. The lowest BCUT2D eigenvalue weighted by molar-refractivity contribution is 0.518. The normalized spacial score (nSPS) is 14.3. The highest BCUT2D eigenvalue weighted by Gasteiger charge is 2.24. The number of rotatable bonds is 4. The molecule has 2 aromatic rings. The van der Waals surface area contributed by atoms with Crippen LogP contribution in [0.25, 0.3) is 4.96 Å². The molecule has 0 aliphatic carbocycles. The van der Waals surface area contributed by atoms with Crippen LogP contribution in [0.4, 0.5) is 0 Å². The van der Waals surface area contributed by atoms with Gasteiger partial charge < -0.3 is 5.32 Å². The van der Waals surface area contributed by atoms with Gasteiger partial charge in [-0.3, -0.25) is 0 Å². The summed E-state index contributed by atoms with van der Waals surface area (Å²) in [5.41, 5.74) is -0.0369. The number of nitrogens with one attached hydrogen (secondary N) is 1. The van der Waals surface area contributed by atoms with Gasteiger partial charge >= 0.3 is 0 Å². The van der Waals surface area contributed by atoms with Gasteiger partial charge in [-0.15, -0.1) is 10.2 Å². The molecule has 1 unspecified atom stereocenters. The molecule has 0 amide bonds. The van der Waals surface area contributed by atoms with E-state index in [4.69, 9.17) is 0 Å². The van der Waals surface area contributed by atoms with E-state index in [1.807, 2.05) is 4.52 Å². The molecule has 0 bridgehead atoms. The lowest BCUT2D eigenvalue weighted by atomic mass is 9.96. The van der Waals surface area contributed by atoms with E-state index in [1.54, 1.807) is 11.3 Å². The second kappa shape index (κ2) is 4.93. The molecule has 2 heterocycles. The zero-order valence-electron chi connectivity index (χ0n) is 11.7. The van der Waals surface area contributed by atoms with Gasteiger partial charge in [0.15, 0.2) is 5.82 Å². The van der Waals surface area contributed by atoms with Crippen molar-refractivity contribution in [1.29, 1.82) is 0 Å². The summed E-state index contributed by atoms with van der Waals surface area (Å²) in [5, 5.41) is 17.6. The van der Waals surface area contributed by atoms with Gasteiger partial charge in [-0.1, -0.05) is 39.0 Å². The highest BCUT2D eigenvalue weighted by atomic mass is 32.1. The van der Waals surface area contributed by atoms with Gasteiger partial charge in [0.05, 0.1) is 6.04 Å². The Morgan fingerprint density at radius 3 is 2.67 bits per heavy atom. The lowest BCUT2D eigenvalue weighted by Gasteiger charge is -2.14. The summed E-state index contributed by atoms with van der Waals surface area (Å²) >= 11 is 1.61. The Morgan fingerprint density at radius 1 is 1.33 bits per heavy atom. The second-order valence-electron chi connectivity index (χ2n) is 5.58. The summed E-state index contributed by atoms with van der Waals surface area (Å²) < 4.78 is 1.88. The number of hydrogen-bond donors (Lipinski definition) is 1. The third-order valence-corrected chi connectivity index (χ3v) is 3.83. The van der Waals surface area contributed by atoms with Gasteiger partial charge in [0.2, 0.25) is 4.96 Å². The van der Waals surface area contributed by atoms with Crippen molar-refractivity contribution >= 4 is 16.3 Å². The average molecular weight is 267 g/mol. The van der Waals surface area contributed by atoms with Gasteiger partial charge in [-0.25, -0.2) is 0 Å². The van der Waals surface area contributed by atoms with E-state index in [-0.39, 0.29) is 11.5 Å². The molecule has 0 saturated heterocycles. The smallest absolute Gasteiger partial charge is 0.234 e. The van der Waals surface area contributed by atoms with Crippen molar-refractivity contribution in [2.45, 2.75) is 52.5 Å². The van der Waals surface area contributed by atoms with Crippen LogP contribution in [-0.4, -0.2) is 26.4 Å². The van der Waals surface area contributed by atoms with Crippen molar-refractivity contribution in [3.63, 3.8) is 0 Å². The molecule has 1 N–H and O–H groups in total. The third kappa shape index (κ3) is 2.54. The lowest BCUT2D eigenvalue weighted by Crippen LogP contribution is -2.20. The van der Waals surface area contributed by atoms with Crippen molar-refractivity contribution in [3.05, 3.63) is 10.8 Å². The van der Waals surface area contributed by atoms with E-state index in [1.165, 1.54) is 0 Å². The molecular weight excluding hydrogens is 246 g/mol. The Balaban J connectivity index is 2.31. The fourth-order valence-electron chi connectivity index (χ4n) is 1.72. The first-order valence-corrected chi connectivity index (χ1v) is 7.21. The first-order valence-electron chi connectivity index (χ1n) is 6.39. The molecule has 18 heavy (non-hydrogen) atoms. The van der Waals surface area contributed by atoms with Gasteiger partial charge in [-0.05, 0) is 19.9 Å². The monoisotopic (exact) mass is 267 g/mol. The van der Waals surface area contributed by atoms with Gasteiger partial charge in [-0.2, -0.15) is 9.61 Å². The summed E-state index contributed by atoms with van der Waals surface area (Å²) in [6.45, 7) is 11.7. The number of fused-ring (bicyclic) bond motifs is 1. The van der Waals surface area contributed by atoms with Gasteiger partial charge in [0.1, 0.15) is 5.01 Å². The van der Waals surface area contributed by atoms with E-state index >= 15 is 0 Å². The van der Waals surface area contributed by atoms with Crippen molar-refractivity contribution < 1.29 is 0 Å². The number of nitrogens with zero attached hydrogens (tertiary/aromatic N) is 4. The highest BCUT2D eigenvalue weighted by Crippen LogP contribution is 2.25. The Hall–Kier alpha value is -1.01. The first kappa shape index (κ1) is 13.4. The zero-order valence-corrected chi connectivity index (χ0v) is 12.5. The van der Waals surface area contributed by atoms with Crippen molar-refractivity contribution in [2.24, 2.45) is 0 Å². The summed E-state index contributed by atoms with van der Waals surface area (Å²) in [6, 6.07) is 0.268. The Labute approximate surface area is 112 Å². The van der Waals surface area contributed by atoms with Crippen LogP contribution in [0, 0.1) is 0 Å². The van der Waals surface area contributed by atoms with Crippen LogP contribution in [0.5, 0.6) is 0 Å². The van der Waals surface area contributed by atoms with Gasteiger partial charge in [0, 0.05) is 5.41 Å². The minimum Gasteiger partial charge on any atom is -0.308 e. The molecule has 2 aromatic heterocycles. The summed E-state index contributed by atoms with van der Waals surface area (Å²) in [6.07, 6.45) is 1.13. The largest absolute Gasteiger partial charge is 0.308 e. The molecule has 0 aliphatic heterocycles. The van der Waals surface area contributed by atoms with Gasteiger partial charge in [0.25, 0.3) is 0 Å². The molecular formula is C12H21N5S. The molecule has 0 radical (unpaired) electrons. The summed E-state index contributed by atoms with van der Waals surface area (Å²) in [7, 11) is 0. The molecule has 5 nitrogen and oxygen atoms in total. The molecule has 0 fully saturated rings. The summed E-state index contributed by atoms with van der Waals surface area (Å²) in [4.78, 5) is 0.875. The molecule has 100 valence electrons. The topological polar surface area (TPSA) is 55.1 Å². The SMILES string of the molecule is CCCNC(C)c1nn2c(C(C)(C)C)nnc2s1. The molecule has 0 aliphatic rings. The highest BCUT2D eigenvalue weighted by molar-refractivity contribution is 7.16. The summed E-state index contributed by atoms with van der Waals surface area (Å²) in [5.74, 6) is 0.919. The standard InChI is InChI=1S/C12H21N5S/c1-6-7-13-8(2)9-16-17-10(12(3,4)5)14-15-11(17)18-9/h8,13H,6-7H2,1-5H3. The predicted molar refractivity (Wildman–Crippen MR) is 74.1 cm³/mol. The minimum atomic E-state index is -0.0369. The van der Waals surface area contributed by atoms with Crippen LogP contribution in [0.3, 0.4) is 0 Å². The Bertz CT molecular complexity index is 522. The minimum absolute atomic E-state index is 0.0369. The van der Waals surface area contributed by atoms with Crippen LogP contribution < -0.4 is 5.32 Å². The number of aromatic nitrogens is 4. The van der Waals surface area contributed by atoms with Crippen molar-refractivity contribution in [1.82, 2.24) is 25.1 Å². The second-order valence-corrected chi connectivity index (χ2v) is 6.57. The molecule has 0 spiro atoms.